The molecule has 1 amide bonds. The number of halogens is 1. The molecule has 1 N–H and O–H groups in total. The smallest absolute Gasteiger partial charge is 0.272 e. The molecule has 0 bridgehead atoms. The van der Waals surface area contributed by atoms with Crippen molar-refractivity contribution < 1.29 is 13.9 Å². The standard InChI is InChI=1S/C16H16FN3O2/c17-12-5-3-11(4-6-12)15(14-2-1-9-22-14)20-16(21)13-10-18-7-8-19-13/h3-8,10,14-15H,1-2,9H2,(H,20,21)/t14-,15+/m1/s1. The number of carbonyl (C=O) groups is 1. The van der Waals surface area contributed by atoms with Crippen LogP contribution in [0.15, 0.2) is 42.9 Å². The Morgan fingerprint density at radius 2 is 2.14 bits per heavy atom. The molecule has 0 unspecified atom stereocenters. The predicted octanol–water partition coefficient (Wildman–Crippen LogP) is 2.27. The first-order chi connectivity index (χ1) is 10.7. The number of nitrogens with zero attached hydrogens (tertiary/aromatic N) is 2. The summed E-state index contributed by atoms with van der Waals surface area (Å²) in [5.41, 5.74) is 1.05. The van der Waals surface area contributed by atoms with E-state index in [4.69, 9.17) is 4.74 Å². The molecular formula is C16H16FN3O2. The maximum atomic E-state index is 13.1. The van der Waals surface area contributed by atoms with Gasteiger partial charge in [-0.3, -0.25) is 9.78 Å². The van der Waals surface area contributed by atoms with E-state index in [0.29, 0.717) is 6.61 Å². The maximum absolute atomic E-state index is 13.1. The van der Waals surface area contributed by atoms with Gasteiger partial charge in [0.1, 0.15) is 11.5 Å². The van der Waals surface area contributed by atoms with Crippen molar-refractivity contribution in [3.05, 3.63) is 59.9 Å². The Bertz CT molecular complexity index is 628. The molecule has 1 aromatic carbocycles. The lowest BCUT2D eigenvalue weighted by molar-refractivity contribution is 0.0669. The first-order valence-electron chi connectivity index (χ1n) is 7.18. The van der Waals surface area contributed by atoms with Crippen LogP contribution in [0.1, 0.15) is 34.9 Å². The Balaban J connectivity index is 1.82. The van der Waals surface area contributed by atoms with Gasteiger partial charge in [-0.25, -0.2) is 9.37 Å². The molecule has 1 aliphatic heterocycles. The molecule has 2 aromatic rings. The van der Waals surface area contributed by atoms with E-state index >= 15 is 0 Å². The van der Waals surface area contributed by atoms with Crippen LogP contribution in [0.4, 0.5) is 4.39 Å². The number of ether oxygens (including phenoxy) is 1. The van der Waals surface area contributed by atoms with Crippen LogP contribution in [0.5, 0.6) is 0 Å². The van der Waals surface area contributed by atoms with E-state index in [1.54, 1.807) is 12.1 Å². The van der Waals surface area contributed by atoms with E-state index in [9.17, 15) is 9.18 Å². The summed E-state index contributed by atoms with van der Waals surface area (Å²) >= 11 is 0. The number of rotatable bonds is 4. The third-order valence-electron chi connectivity index (χ3n) is 3.65. The molecule has 3 rings (SSSR count). The summed E-state index contributed by atoms with van der Waals surface area (Å²) in [6.45, 7) is 0.670. The first kappa shape index (κ1) is 14.6. The second-order valence-corrected chi connectivity index (χ2v) is 5.14. The van der Waals surface area contributed by atoms with Gasteiger partial charge >= 0.3 is 0 Å². The van der Waals surface area contributed by atoms with Crippen LogP contribution < -0.4 is 5.32 Å². The lowest BCUT2D eigenvalue weighted by Gasteiger charge is -2.24. The van der Waals surface area contributed by atoms with Gasteiger partial charge in [-0.15, -0.1) is 0 Å². The highest BCUT2D eigenvalue weighted by atomic mass is 19.1. The van der Waals surface area contributed by atoms with Gasteiger partial charge in [0.25, 0.3) is 5.91 Å². The average molecular weight is 301 g/mol. The number of amides is 1. The number of carbonyl (C=O) groups excluding carboxylic acids is 1. The second-order valence-electron chi connectivity index (χ2n) is 5.14. The molecule has 22 heavy (non-hydrogen) atoms. The number of hydrogen-bond donors (Lipinski definition) is 1. The minimum absolute atomic E-state index is 0.119. The normalized spacial score (nSPS) is 18.9. The second kappa shape index (κ2) is 6.62. The molecule has 5 nitrogen and oxygen atoms in total. The van der Waals surface area contributed by atoms with Crippen molar-refractivity contribution in [2.75, 3.05) is 6.61 Å². The van der Waals surface area contributed by atoms with Crippen molar-refractivity contribution in [1.29, 1.82) is 0 Å². The van der Waals surface area contributed by atoms with E-state index in [2.05, 4.69) is 15.3 Å². The Labute approximate surface area is 127 Å². The Kier molecular flexibility index (Phi) is 4.39. The quantitative estimate of drug-likeness (QED) is 0.941. The van der Waals surface area contributed by atoms with Gasteiger partial charge in [0.2, 0.25) is 0 Å². The highest BCUT2D eigenvalue weighted by Gasteiger charge is 2.29. The van der Waals surface area contributed by atoms with E-state index in [1.807, 2.05) is 0 Å². The van der Waals surface area contributed by atoms with E-state index in [-0.39, 0.29) is 29.6 Å². The fraction of sp³-hybridized carbons (Fsp3) is 0.312. The molecule has 0 aliphatic carbocycles. The topological polar surface area (TPSA) is 64.1 Å². The summed E-state index contributed by atoms with van der Waals surface area (Å²) in [6, 6.07) is 5.76. The van der Waals surface area contributed by atoms with Crippen LogP contribution in [0.2, 0.25) is 0 Å². The van der Waals surface area contributed by atoms with Crippen LogP contribution in [0, 0.1) is 5.82 Å². The number of benzene rings is 1. The van der Waals surface area contributed by atoms with Gasteiger partial charge in [0.15, 0.2) is 0 Å². The van der Waals surface area contributed by atoms with Crippen LogP contribution >= 0.6 is 0 Å². The van der Waals surface area contributed by atoms with Crippen molar-refractivity contribution in [3.63, 3.8) is 0 Å². The minimum Gasteiger partial charge on any atom is -0.376 e. The van der Waals surface area contributed by atoms with Crippen LogP contribution in [-0.2, 0) is 4.74 Å². The zero-order valence-corrected chi connectivity index (χ0v) is 11.9. The van der Waals surface area contributed by atoms with E-state index in [0.717, 1.165) is 18.4 Å². The molecule has 1 aromatic heterocycles. The fourth-order valence-electron chi connectivity index (χ4n) is 2.56. The number of hydrogen-bond acceptors (Lipinski definition) is 4. The lowest BCUT2D eigenvalue weighted by atomic mass is 9.99. The molecule has 6 heteroatoms. The van der Waals surface area contributed by atoms with E-state index in [1.165, 1.54) is 30.7 Å². The highest BCUT2D eigenvalue weighted by Crippen LogP contribution is 2.27. The van der Waals surface area contributed by atoms with Gasteiger partial charge in [-0.05, 0) is 30.5 Å². The summed E-state index contributed by atoms with van der Waals surface area (Å²) in [5.74, 6) is -0.631. The van der Waals surface area contributed by atoms with Gasteiger partial charge < -0.3 is 10.1 Å². The van der Waals surface area contributed by atoms with Crippen LogP contribution in [0.3, 0.4) is 0 Å². The third-order valence-corrected chi connectivity index (χ3v) is 3.65. The van der Waals surface area contributed by atoms with Crippen molar-refractivity contribution in [3.8, 4) is 0 Å². The zero-order valence-electron chi connectivity index (χ0n) is 11.9. The molecule has 2 heterocycles. The summed E-state index contributed by atoms with van der Waals surface area (Å²) in [5, 5.41) is 2.92. The fourth-order valence-corrected chi connectivity index (χ4v) is 2.56. The van der Waals surface area contributed by atoms with Crippen molar-refractivity contribution in [1.82, 2.24) is 15.3 Å². The number of nitrogens with one attached hydrogen (secondary N) is 1. The van der Waals surface area contributed by atoms with Gasteiger partial charge in [0, 0.05) is 19.0 Å². The first-order valence-corrected chi connectivity index (χ1v) is 7.18. The summed E-state index contributed by atoms with van der Waals surface area (Å²) < 4.78 is 18.8. The monoisotopic (exact) mass is 301 g/mol. The summed E-state index contributed by atoms with van der Waals surface area (Å²) in [4.78, 5) is 20.2. The Morgan fingerprint density at radius 3 is 2.77 bits per heavy atom. The Morgan fingerprint density at radius 1 is 1.32 bits per heavy atom. The SMILES string of the molecule is O=C(N[C@@H](c1ccc(F)cc1)[C@H]1CCCO1)c1cnccn1. The summed E-state index contributed by atoms with van der Waals surface area (Å²) in [7, 11) is 0. The van der Waals surface area contributed by atoms with E-state index < -0.39 is 0 Å². The zero-order chi connectivity index (χ0) is 15.4. The highest BCUT2D eigenvalue weighted by molar-refractivity contribution is 5.92. The maximum Gasteiger partial charge on any atom is 0.272 e. The third kappa shape index (κ3) is 3.28. The van der Waals surface area contributed by atoms with Crippen molar-refractivity contribution in [2.45, 2.75) is 25.0 Å². The summed E-state index contributed by atoms with van der Waals surface area (Å²) in [6.07, 6.45) is 6.06. The number of aromatic nitrogens is 2. The van der Waals surface area contributed by atoms with Gasteiger partial charge in [-0.2, -0.15) is 0 Å². The van der Waals surface area contributed by atoms with Crippen LogP contribution in [-0.4, -0.2) is 28.6 Å². The van der Waals surface area contributed by atoms with Gasteiger partial charge in [0.05, 0.1) is 18.3 Å². The molecule has 1 aliphatic rings. The van der Waals surface area contributed by atoms with Crippen molar-refractivity contribution in [2.24, 2.45) is 0 Å². The Hall–Kier alpha value is -2.34. The average Bonchev–Trinajstić information content (AvgIpc) is 3.08. The molecule has 0 saturated carbocycles. The minimum atomic E-state index is -0.336. The van der Waals surface area contributed by atoms with Crippen molar-refractivity contribution >= 4 is 5.91 Å². The predicted molar refractivity (Wildman–Crippen MR) is 77.6 cm³/mol. The lowest BCUT2D eigenvalue weighted by Crippen LogP contribution is -2.36. The molecular weight excluding hydrogens is 285 g/mol. The molecule has 114 valence electrons. The molecule has 2 atom stereocenters. The molecule has 0 radical (unpaired) electrons. The molecule has 1 saturated heterocycles. The molecule has 1 fully saturated rings. The largest absolute Gasteiger partial charge is 0.376 e. The van der Waals surface area contributed by atoms with Gasteiger partial charge in [-0.1, -0.05) is 12.1 Å². The van der Waals surface area contributed by atoms with Crippen LogP contribution in [0.25, 0.3) is 0 Å². The molecule has 0 spiro atoms.